The Morgan fingerprint density at radius 3 is 2.75 bits per heavy atom. The third-order valence-electron chi connectivity index (χ3n) is 4.14. The van der Waals surface area contributed by atoms with E-state index in [1.807, 2.05) is 49.4 Å². The molecule has 0 atom stereocenters. The molecule has 3 heterocycles. The normalized spacial score (nSPS) is 10.6. The van der Waals surface area contributed by atoms with E-state index in [2.05, 4.69) is 30.6 Å². The van der Waals surface area contributed by atoms with Gasteiger partial charge in [-0.1, -0.05) is 24.3 Å². The lowest BCUT2D eigenvalue weighted by atomic mass is 10.2. The van der Waals surface area contributed by atoms with E-state index in [-0.39, 0.29) is 11.6 Å². The third-order valence-corrected chi connectivity index (χ3v) is 4.14. The predicted molar refractivity (Wildman–Crippen MR) is 108 cm³/mol. The quantitative estimate of drug-likeness (QED) is 0.558. The summed E-state index contributed by atoms with van der Waals surface area (Å²) in [5, 5.41) is 6.99. The summed E-state index contributed by atoms with van der Waals surface area (Å²) >= 11 is 0. The van der Waals surface area contributed by atoms with Gasteiger partial charge in [-0.15, -0.1) is 0 Å². The average Bonchev–Trinajstić information content (AvgIpc) is 2.73. The number of aryl methyl sites for hydroxylation is 1. The Balaban J connectivity index is 1.55. The van der Waals surface area contributed by atoms with Gasteiger partial charge in [0.25, 0.3) is 5.91 Å². The molecule has 0 fully saturated rings. The number of carbonyl (C=O) groups excluding carboxylic acids is 1. The number of fused-ring (bicyclic) bond motifs is 1. The molecular formula is C21H18N6O. The highest BCUT2D eigenvalue weighted by Crippen LogP contribution is 2.21. The Labute approximate surface area is 161 Å². The van der Waals surface area contributed by atoms with E-state index in [1.54, 1.807) is 24.7 Å². The summed E-state index contributed by atoms with van der Waals surface area (Å²) in [6.07, 6.45) is 5.19. The minimum atomic E-state index is -0.312. The second kappa shape index (κ2) is 7.79. The Morgan fingerprint density at radius 2 is 1.89 bits per heavy atom. The molecule has 0 aliphatic rings. The molecule has 28 heavy (non-hydrogen) atoms. The molecule has 0 saturated heterocycles. The number of hydrogen-bond donors (Lipinski definition) is 2. The van der Waals surface area contributed by atoms with Crippen LogP contribution in [-0.2, 0) is 6.54 Å². The molecule has 2 N–H and O–H groups in total. The maximum absolute atomic E-state index is 12.8. The zero-order valence-electron chi connectivity index (χ0n) is 15.3. The van der Waals surface area contributed by atoms with Gasteiger partial charge >= 0.3 is 0 Å². The first-order valence-electron chi connectivity index (χ1n) is 8.82. The number of aromatic nitrogens is 4. The van der Waals surface area contributed by atoms with Crippen molar-refractivity contribution >= 4 is 28.4 Å². The fourth-order valence-corrected chi connectivity index (χ4v) is 2.84. The number of nitrogens with one attached hydrogen (secondary N) is 2. The van der Waals surface area contributed by atoms with Crippen LogP contribution in [0.15, 0.2) is 67.1 Å². The molecule has 0 unspecified atom stereocenters. The van der Waals surface area contributed by atoms with Gasteiger partial charge in [-0.3, -0.25) is 14.8 Å². The Morgan fingerprint density at radius 1 is 1.04 bits per heavy atom. The van der Waals surface area contributed by atoms with E-state index in [0.29, 0.717) is 23.9 Å². The van der Waals surface area contributed by atoms with Crippen molar-refractivity contribution in [2.75, 3.05) is 10.6 Å². The Hall–Kier alpha value is -3.87. The standard InChI is InChI=1S/C21H18N6O/c1-14-11-18(27-21(25-14)24-13-15-5-3-9-22-12-15)20(28)26-17-8-2-6-16-7-4-10-23-19(16)17/h2-12H,13H2,1H3,(H,26,28)(H,24,25,27). The first kappa shape index (κ1) is 17.5. The van der Waals surface area contributed by atoms with Crippen LogP contribution >= 0.6 is 0 Å². The van der Waals surface area contributed by atoms with Crippen LogP contribution in [0.4, 0.5) is 11.6 Å². The van der Waals surface area contributed by atoms with E-state index in [0.717, 1.165) is 16.5 Å². The Bertz CT molecular complexity index is 1120. The lowest BCUT2D eigenvalue weighted by Gasteiger charge is -2.10. The number of para-hydroxylation sites is 1. The van der Waals surface area contributed by atoms with Gasteiger partial charge in [-0.25, -0.2) is 9.97 Å². The maximum Gasteiger partial charge on any atom is 0.274 e. The van der Waals surface area contributed by atoms with E-state index in [9.17, 15) is 4.79 Å². The van der Waals surface area contributed by atoms with Crippen LogP contribution in [0, 0.1) is 6.92 Å². The number of benzene rings is 1. The summed E-state index contributed by atoms with van der Waals surface area (Å²) in [5.41, 5.74) is 3.36. The summed E-state index contributed by atoms with van der Waals surface area (Å²) in [4.78, 5) is 29.9. The molecule has 0 radical (unpaired) electrons. The lowest BCUT2D eigenvalue weighted by molar-refractivity contribution is 0.102. The number of anilines is 2. The number of carbonyl (C=O) groups is 1. The number of hydrogen-bond acceptors (Lipinski definition) is 6. The molecule has 4 aromatic rings. The van der Waals surface area contributed by atoms with E-state index in [1.165, 1.54) is 0 Å². The van der Waals surface area contributed by atoms with Crippen molar-refractivity contribution in [1.82, 2.24) is 19.9 Å². The predicted octanol–water partition coefficient (Wildman–Crippen LogP) is 3.59. The van der Waals surface area contributed by atoms with Gasteiger partial charge in [-0.2, -0.15) is 0 Å². The maximum atomic E-state index is 12.8. The number of rotatable bonds is 5. The van der Waals surface area contributed by atoms with Crippen molar-refractivity contribution in [2.45, 2.75) is 13.5 Å². The van der Waals surface area contributed by atoms with Gasteiger partial charge in [0.15, 0.2) is 0 Å². The van der Waals surface area contributed by atoms with Crippen molar-refractivity contribution < 1.29 is 4.79 Å². The first-order chi connectivity index (χ1) is 13.7. The fraction of sp³-hybridized carbons (Fsp3) is 0.0952. The van der Waals surface area contributed by atoms with Crippen LogP contribution < -0.4 is 10.6 Å². The zero-order chi connectivity index (χ0) is 19.3. The van der Waals surface area contributed by atoms with Gasteiger partial charge in [0.05, 0.1) is 11.2 Å². The second-order valence-corrected chi connectivity index (χ2v) is 6.27. The zero-order valence-corrected chi connectivity index (χ0v) is 15.3. The summed E-state index contributed by atoms with van der Waals surface area (Å²) < 4.78 is 0. The van der Waals surface area contributed by atoms with Gasteiger partial charge in [-0.05, 0) is 36.8 Å². The van der Waals surface area contributed by atoms with Crippen molar-refractivity contribution in [1.29, 1.82) is 0 Å². The molecule has 1 aromatic carbocycles. The summed E-state index contributed by atoms with van der Waals surface area (Å²) in [6.45, 7) is 2.35. The highest BCUT2D eigenvalue weighted by atomic mass is 16.1. The number of pyridine rings is 2. The van der Waals surface area contributed by atoms with E-state index in [4.69, 9.17) is 0 Å². The average molecular weight is 370 g/mol. The lowest BCUT2D eigenvalue weighted by Crippen LogP contribution is -2.16. The molecule has 0 aliphatic carbocycles. The SMILES string of the molecule is Cc1cc(C(=O)Nc2cccc3cccnc23)nc(NCc2cccnc2)n1. The highest BCUT2D eigenvalue weighted by Gasteiger charge is 2.13. The molecule has 0 saturated carbocycles. The largest absolute Gasteiger partial charge is 0.350 e. The molecule has 0 aliphatic heterocycles. The molecular weight excluding hydrogens is 352 g/mol. The minimum Gasteiger partial charge on any atom is -0.350 e. The van der Waals surface area contributed by atoms with Crippen molar-refractivity contribution in [3.8, 4) is 0 Å². The van der Waals surface area contributed by atoms with E-state index >= 15 is 0 Å². The fourth-order valence-electron chi connectivity index (χ4n) is 2.84. The third kappa shape index (κ3) is 3.93. The number of nitrogens with zero attached hydrogens (tertiary/aromatic N) is 4. The molecule has 1 amide bonds. The summed E-state index contributed by atoms with van der Waals surface area (Å²) in [7, 11) is 0. The Kier molecular flexibility index (Phi) is 4.88. The molecule has 7 heteroatoms. The monoisotopic (exact) mass is 370 g/mol. The van der Waals surface area contributed by atoms with Crippen LogP contribution in [0.2, 0.25) is 0 Å². The topological polar surface area (TPSA) is 92.7 Å². The van der Waals surface area contributed by atoms with Gasteiger partial charge in [0.1, 0.15) is 5.69 Å². The van der Waals surface area contributed by atoms with Gasteiger partial charge in [0, 0.05) is 36.2 Å². The van der Waals surface area contributed by atoms with Crippen LogP contribution in [0.25, 0.3) is 10.9 Å². The molecule has 3 aromatic heterocycles. The van der Waals surface area contributed by atoms with Crippen LogP contribution in [0.1, 0.15) is 21.7 Å². The van der Waals surface area contributed by atoms with Crippen LogP contribution in [0.3, 0.4) is 0 Å². The smallest absolute Gasteiger partial charge is 0.274 e. The minimum absolute atomic E-state index is 0.286. The second-order valence-electron chi connectivity index (χ2n) is 6.27. The first-order valence-corrected chi connectivity index (χ1v) is 8.82. The van der Waals surface area contributed by atoms with Crippen LogP contribution in [0.5, 0.6) is 0 Å². The highest BCUT2D eigenvalue weighted by molar-refractivity contribution is 6.07. The van der Waals surface area contributed by atoms with E-state index < -0.39 is 0 Å². The van der Waals surface area contributed by atoms with Gasteiger partial charge in [0.2, 0.25) is 5.95 Å². The molecule has 138 valence electrons. The molecule has 7 nitrogen and oxygen atoms in total. The molecule has 0 spiro atoms. The van der Waals surface area contributed by atoms with Gasteiger partial charge < -0.3 is 10.6 Å². The molecule has 0 bridgehead atoms. The number of amides is 1. The summed E-state index contributed by atoms with van der Waals surface area (Å²) in [6, 6.07) is 14.9. The summed E-state index contributed by atoms with van der Waals surface area (Å²) in [5.74, 6) is 0.0816. The molecule has 4 rings (SSSR count). The van der Waals surface area contributed by atoms with Crippen molar-refractivity contribution in [3.05, 3.63) is 84.1 Å². The van der Waals surface area contributed by atoms with Crippen molar-refractivity contribution in [2.24, 2.45) is 0 Å². The van der Waals surface area contributed by atoms with Crippen LogP contribution in [-0.4, -0.2) is 25.8 Å². The van der Waals surface area contributed by atoms with Crippen molar-refractivity contribution in [3.63, 3.8) is 0 Å².